The SMILES string of the molecule is COc1ccc(S(=O)(=O)CCS(=O)(=O)c2ccc(C=O)cc2)cc1. The van der Waals surface area contributed by atoms with Crippen molar-refractivity contribution in [2.75, 3.05) is 18.6 Å². The Labute approximate surface area is 140 Å². The van der Waals surface area contributed by atoms with Crippen LogP contribution in [0.5, 0.6) is 5.75 Å². The molecule has 0 aliphatic rings. The van der Waals surface area contributed by atoms with Crippen molar-refractivity contribution in [3.63, 3.8) is 0 Å². The lowest BCUT2D eigenvalue weighted by atomic mass is 10.2. The highest BCUT2D eigenvalue weighted by Gasteiger charge is 2.21. The van der Waals surface area contributed by atoms with E-state index in [1.807, 2.05) is 0 Å². The molecule has 2 aromatic carbocycles. The molecule has 0 bridgehead atoms. The molecule has 0 aliphatic heterocycles. The van der Waals surface area contributed by atoms with Gasteiger partial charge in [-0.1, -0.05) is 12.1 Å². The van der Waals surface area contributed by atoms with Gasteiger partial charge in [0.1, 0.15) is 12.0 Å². The number of carbonyl (C=O) groups excluding carboxylic acids is 1. The van der Waals surface area contributed by atoms with Crippen molar-refractivity contribution >= 4 is 26.0 Å². The minimum atomic E-state index is -3.76. The van der Waals surface area contributed by atoms with E-state index in [0.29, 0.717) is 17.6 Å². The summed E-state index contributed by atoms with van der Waals surface area (Å²) in [5.41, 5.74) is 0.347. The van der Waals surface area contributed by atoms with Crippen molar-refractivity contribution in [1.82, 2.24) is 0 Å². The molecule has 0 amide bonds. The number of carbonyl (C=O) groups is 1. The maximum absolute atomic E-state index is 12.3. The summed E-state index contributed by atoms with van der Waals surface area (Å²) in [7, 11) is -6.02. The van der Waals surface area contributed by atoms with E-state index in [9.17, 15) is 21.6 Å². The normalized spacial score (nSPS) is 11.9. The molecule has 0 aliphatic carbocycles. The number of hydrogen-bond acceptors (Lipinski definition) is 6. The minimum absolute atomic E-state index is 0.0157. The van der Waals surface area contributed by atoms with Gasteiger partial charge < -0.3 is 4.74 Å². The topological polar surface area (TPSA) is 94.6 Å². The largest absolute Gasteiger partial charge is 0.497 e. The third kappa shape index (κ3) is 4.21. The first-order chi connectivity index (χ1) is 11.3. The standard InChI is InChI=1S/C16H16O6S2/c1-22-14-4-8-16(9-5-14)24(20,21)11-10-23(18,19)15-6-2-13(12-17)3-7-15/h2-9,12H,10-11H2,1H3. The third-order valence-electron chi connectivity index (χ3n) is 3.41. The number of benzene rings is 2. The lowest BCUT2D eigenvalue weighted by Crippen LogP contribution is -2.17. The van der Waals surface area contributed by atoms with Gasteiger partial charge in [-0.15, -0.1) is 0 Å². The van der Waals surface area contributed by atoms with Crippen molar-refractivity contribution in [3.05, 3.63) is 54.1 Å². The van der Waals surface area contributed by atoms with Crippen molar-refractivity contribution in [2.24, 2.45) is 0 Å². The maximum atomic E-state index is 12.3. The van der Waals surface area contributed by atoms with Crippen LogP contribution in [0.2, 0.25) is 0 Å². The van der Waals surface area contributed by atoms with E-state index < -0.39 is 31.2 Å². The van der Waals surface area contributed by atoms with E-state index in [4.69, 9.17) is 4.74 Å². The molecule has 2 aromatic rings. The Bertz CT molecular complexity index is 912. The lowest BCUT2D eigenvalue weighted by Gasteiger charge is -2.07. The Morgan fingerprint density at radius 2 is 1.21 bits per heavy atom. The van der Waals surface area contributed by atoms with Crippen LogP contribution in [0, 0.1) is 0 Å². The Kier molecular flexibility index (Phi) is 5.40. The summed E-state index contributed by atoms with van der Waals surface area (Å²) in [6.45, 7) is 0. The molecule has 0 atom stereocenters. The Morgan fingerprint density at radius 1 is 0.792 bits per heavy atom. The zero-order valence-corrected chi connectivity index (χ0v) is 14.5. The maximum Gasteiger partial charge on any atom is 0.179 e. The molecule has 0 N–H and O–H groups in total. The van der Waals surface area contributed by atoms with Gasteiger partial charge in [0.05, 0.1) is 28.4 Å². The van der Waals surface area contributed by atoms with Crippen LogP contribution in [0.1, 0.15) is 10.4 Å². The summed E-state index contributed by atoms with van der Waals surface area (Å²) in [5.74, 6) is -0.560. The summed E-state index contributed by atoms with van der Waals surface area (Å²) in [4.78, 5) is 10.6. The summed E-state index contributed by atoms with van der Waals surface area (Å²) in [5, 5.41) is 0. The smallest absolute Gasteiger partial charge is 0.179 e. The lowest BCUT2D eigenvalue weighted by molar-refractivity contribution is 0.112. The molecular formula is C16H16O6S2. The first-order valence-corrected chi connectivity index (χ1v) is 10.2. The molecule has 128 valence electrons. The number of aldehydes is 1. The molecule has 0 saturated heterocycles. The summed E-state index contributed by atoms with van der Waals surface area (Å²) in [6, 6.07) is 11.1. The molecule has 0 unspecified atom stereocenters. The summed E-state index contributed by atoms with van der Waals surface area (Å²) >= 11 is 0. The van der Waals surface area contributed by atoms with E-state index in [1.165, 1.54) is 55.6 Å². The van der Waals surface area contributed by atoms with E-state index >= 15 is 0 Å². The zero-order valence-electron chi connectivity index (χ0n) is 12.9. The van der Waals surface area contributed by atoms with Crippen LogP contribution in [0.25, 0.3) is 0 Å². The van der Waals surface area contributed by atoms with Gasteiger partial charge in [-0.2, -0.15) is 0 Å². The van der Waals surface area contributed by atoms with Crippen LogP contribution in [-0.4, -0.2) is 41.7 Å². The first kappa shape index (κ1) is 18.2. The zero-order chi connectivity index (χ0) is 17.8. The predicted molar refractivity (Wildman–Crippen MR) is 88.9 cm³/mol. The first-order valence-electron chi connectivity index (χ1n) is 6.93. The number of rotatable bonds is 7. The van der Waals surface area contributed by atoms with Crippen LogP contribution in [-0.2, 0) is 19.7 Å². The molecule has 0 radical (unpaired) electrons. The molecule has 24 heavy (non-hydrogen) atoms. The molecular weight excluding hydrogens is 352 g/mol. The average Bonchev–Trinajstić information content (AvgIpc) is 2.60. The molecule has 6 nitrogen and oxygen atoms in total. The van der Waals surface area contributed by atoms with Crippen molar-refractivity contribution < 1.29 is 26.4 Å². The predicted octanol–water partition coefficient (Wildman–Crippen LogP) is 1.76. The van der Waals surface area contributed by atoms with E-state index in [0.717, 1.165) is 0 Å². The average molecular weight is 368 g/mol. The van der Waals surface area contributed by atoms with E-state index in [1.54, 1.807) is 0 Å². The van der Waals surface area contributed by atoms with Crippen LogP contribution >= 0.6 is 0 Å². The quantitative estimate of drug-likeness (QED) is 0.691. The minimum Gasteiger partial charge on any atom is -0.497 e. The number of hydrogen-bond donors (Lipinski definition) is 0. The molecule has 0 aromatic heterocycles. The highest BCUT2D eigenvalue weighted by atomic mass is 32.2. The van der Waals surface area contributed by atoms with Gasteiger partial charge in [-0.25, -0.2) is 16.8 Å². The Morgan fingerprint density at radius 3 is 1.58 bits per heavy atom. The van der Waals surface area contributed by atoms with Gasteiger partial charge in [0, 0.05) is 5.56 Å². The number of sulfone groups is 2. The monoisotopic (exact) mass is 368 g/mol. The van der Waals surface area contributed by atoms with Gasteiger partial charge in [0.15, 0.2) is 19.7 Å². The van der Waals surface area contributed by atoms with Crippen molar-refractivity contribution in [3.8, 4) is 5.75 Å². The Hall–Kier alpha value is -2.19. The second-order valence-corrected chi connectivity index (χ2v) is 9.22. The number of ether oxygens (including phenoxy) is 1. The molecule has 0 saturated carbocycles. The molecule has 2 rings (SSSR count). The fourth-order valence-electron chi connectivity index (χ4n) is 1.99. The van der Waals surface area contributed by atoms with Gasteiger partial charge in [-0.05, 0) is 36.4 Å². The molecule has 0 spiro atoms. The fourth-order valence-corrected chi connectivity index (χ4v) is 5.32. The van der Waals surface area contributed by atoms with Gasteiger partial charge in [0.25, 0.3) is 0 Å². The Balaban J connectivity index is 2.15. The van der Waals surface area contributed by atoms with E-state index in [-0.39, 0.29) is 9.79 Å². The molecule has 0 heterocycles. The second kappa shape index (κ2) is 7.14. The van der Waals surface area contributed by atoms with Crippen molar-refractivity contribution in [2.45, 2.75) is 9.79 Å². The van der Waals surface area contributed by atoms with Crippen LogP contribution in [0.15, 0.2) is 58.3 Å². The van der Waals surface area contributed by atoms with Crippen LogP contribution in [0.4, 0.5) is 0 Å². The highest BCUT2D eigenvalue weighted by Crippen LogP contribution is 2.18. The highest BCUT2D eigenvalue weighted by molar-refractivity contribution is 7.95. The third-order valence-corrected chi connectivity index (χ3v) is 7.14. The van der Waals surface area contributed by atoms with Crippen molar-refractivity contribution in [1.29, 1.82) is 0 Å². The van der Waals surface area contributed by atoms with Crippen LogP contribution < -0.4 is 4.74 Å². The molecule has 8 heteroatoms. The van der Waals surface area contributed by atoms with Gasteiger partial charge >= 0.3 is 0 Å². The summed E-state index contributed by atoms with van der Waals surface area (Å²) < 4.78 is 53.9. The summed E-state index contributed by atoms with van der Waals surface area (Å²) in [6.07, 6.45) is 0.602. The van der Waals surface area contributed by atoms with Gasteiger partial charge in [0.2, 0.25) is 0 Å². The van der Waals surface area contributed by atoms with E-state index in [2.05, 4.69) is 0 Å². The number of methoxy groups -OCH3 is 1. The van der Waals surface area contributed by atoms with Crippen LogP contribution in [0.3, 0.4) is 0 Å². The molecule has 0 fully saturated rings. The fraction of sp³-hybridized carbons (Fsp3) is 0.188. The van der Waals surface area contributed by atoms with Gasteiger partial charge in [-0.3, -0.25) is 4.79 Å². The second-order valence-electron chi connectivity index (χ2n) is 5.00.